The molecule has 7 atom stereocenters. The van der Waals surface area contributed by atoms with Crippen molar-refractivity contribution in [3.05, 3.63) is 24.3 Å². The van der Waals surface area contributed by atoms with E-state index in [4.69, 9.17) is 9.47 Å². The maximum atomic E-state index is 13.1. The monoisotopic (exact) mass is 974 g/mol. The zero-order valence-electron chi connectivity index (χ0n) is 42.7. The van der Waals surface area contributed by atoms with Gasteiger partial charge >= 0.3 is 10.4 Å². The lowest BCUT2D eigenvalue weighted by molar-refractivity contribution is -0.298. The van der Waals surface area contributed by atoms with E-state index in [1.54, 1.807) is 6.08 Å². The maximum Gasteiger partial charge on any atom is 0.397 e. The molecule has 12 nitrogen and oxygen atoms in total. The summed E-state index contributed by atoms with van der Waals surface area (Å²) in [6.45, 7) is 3.41. The third-order valence-corrected chi connectivity index (χ3v) is 13.7. The number of hydrogen-bond donors (Lipinski definition) is 6. The minimum absolute atomic E-state index is 0.264. The molecule has 1 aliphatic rings. The number of ether oxygens (including phenoxy) is 2. The molecule has 1 heterocycles. The van der Waals surface area contributed by atoms with Crippen molar-refractivity contribution in [3.8, 4) is 0 Å². The Bertz CT molecular complexity index is 1280. The summed E-state index contributed by atoms with van der Waals surface area (Å²) in [6, 6.07) is -0.945. The van der Waals surface area contributed by atoms with Gasteiger partial charge in [0.2, 0.25) is 5.91 Å². The molecule has 0 bridgehead atoms. The number of hydrogen-bond acceptors (Lipinski definition) is 10. The highest BCUT2D eigenvalue weighted by molar-refractivity contribution is 7.80. The van der Waals surface area contributed by atoms with Gasteiger partial charge < -0.3 is 35.2 Å². The Kier molecular flexibility index (Phi) is 42.3. The molecule has 67 heavy (non-hydrogen) atoms. The standard InChI is InChI=1S/C54H103NO11S/c1-3-5-7-9-11-13-15-17-19-21-22-23-24-25-26-28-29-31-33-35-37-39-41-43-48(57)47(46-64-54-52(60)53(66-67(61,62)63)51(59)49(45-56)65-54)55-50(58)44-42-40-38-36-34-32-30-27-20-18-16-14-12-10-8-6-4-2/h18,20,41,43,47-49,51-54,56-57,59-60H,3-17,19,21-40,42,44-46H2,1-2H3,(H,55,58)(H,61,62,63)/b20-18-,43-41+. The first-order chi connectivity index (χ1) is 32.5. The molecule has 0 spiro atoms. The van der Waals surface area contributed by atoms with Crippen LogP contribution in [0.1, 0.15) is 258 Å². The van der Waals surface area contributed by atoms with Gasteiger partial charge in [0.1, 0.15) is 24.4 Å². The van der Waals surface area contributed by atoms with Crippen molar-refractivity contribution in [1.29, 1.82) is 0 Å². The summed E-state index contributed by atoms with van der Waals surface area (Å²) >= 11 is 0. The van der Waals surface area contributed by atoms with E-state index in [2.05, 4.69) is 35.5 Å². The Morgan fingerprint density at radius 3 is 1.34 bits per heavy atom. The van der Waals surface area contributed by atoms with Gasteiger partial charge in [-0.3, -0.25) is 9.35 Å². The molecule has 7 unspecified atom stereocenters. The van der Waals surface area contributed by atoms with Gasteiger partial charge in [-0.1, -0.05) is 231 Å². The number of allylic oxidation sites excluding steroid dienone is 3. The lowest BCUT2D eigenvalue weighted by Gasteiger charge is -2.41. The number of carbonyl (C=O) groups excluding carboxylic acids is 1. The SMILES string of the molecule is CCCCCCCC/C=C\CCCCCCCCCC(=O)NC(COC1OC(CO)C(O)C(OS(=O)(=O)O)C1O)C(O)/C=C/CCCCCCCCCCCCCCCCCCCCCCC. The van der Waals surface area contributed by atoms with Crippen LogP contribution in [0.3, 0.4) is 0 Å². The Balaban J connectivity index is 2.41. The summed E-state index contributed by atoms with van der Waals surface area (Å²) in [5.41, 5.74) is 0. The third kappa shape index (κ3) is 37.1. The van der Waals surface area contributed by atoms with Crippen molar-refractivity contribution in [1.82, 2.24) is 5.32 Å². The first-order valence-electron chi connectivity index (χ1n) is 27.7. The van der Waals surface area contributed by atoms with Gasteiger partial charge in [0.05, 0.1) is 25.4 Å². The normalized spacial score (nSPS) is 20.0. The fraction of sp³-hybridized carbons (Fsp3) is 0.907. The van der Waals surface area contributed by atoms with Crippen LogP contribution >= 0.6 is 0 Å². The van der Waals surface area contributed by atoms with E-state index in [-0.39, 0.29) is 18.9 Å². The second kappa shape index (κ2) is 44.5. The van der Waals surface area contributed by atoms with Crippen molar-refractivity contribution in [2.75, 3.05) is 13.2 Å². The van der Waals surface area contributed by atoms with Crippen LogP contribution in [-0.4, -0.2) is 95.4 Å². The molecule has 0 aromatic heterocycles. The predicted molar refractivity (Wildman–Crippen MR) is 273 cm³/mol. The van der Waals surface area contributed by atoms with E-state index in [9.17, 15) is 38.2 Å². The molecule has 0 aromatic rings. The van der Waals surface area contributed by atoms with E-state index >= 15 is 0 Å². The zero-order chi connectivity index (χ0) is 49.1. The lowest BCUT2D eigenvalue weighted by Crippen LogP contribution is -2.61. The number of amides is 1. The maximum absolute atomic E-state index is 13.1. The van der Waals surface area contributed by atoms with Gasteiger partial charge in [-0.15, -0.1) is 0 Å². The van der Waals surface area contributed by atoms with Crippen LogP contribution in [0.5, 0.6) is 0 Å². The highest BCUT2D eigenvalue weighted by atomic mass is 32.3. The number of rotatable bonds is 48. The molecular weight excluding hydrogens is 871 g/mol. The molecule has 1 rings (SSSR count). The van der Waals surface area contributed by atoms with Gasteiger partial charge in [0.25, 0.3) is 0 Å². The van der Waals surface area contributed by atoms with Crippen molar-refractivity contribution in [3.63, 3.8) is 0 Å². The Labute approximate surface area is 410 Å². The zero-order valence-corrected chi connectivity index (χ0v) is 43.5. The fourth-order valence-corrected chi connectivity index (χ4v) is 9.43. The summed E-state index contributed by atoms with van der Waals surface area (Å²) < 4.78 is 47.8. The topological polar surface area (TPSA) is 192 Å². The van der Waals surface area contributed by atoms with E-state index in [0.29, 0.717) is 6.42 Å². The highest BCUT2D eigenvalue weighted by Crippen LogP contribution is 2.26. The number of unbranched alkanes of at least 4 members (excludes halogenated alkanes) is 34. The van der Waals surface area contributed by atoms with Crippen molar-refractivity contribution in [2.45, 2.75) is 301 Å². The molecule has 396 valence electrons. The van der Waals surface area contributed by atoms with E-state index in [0.717, 1.165) is 44.9 Å². The Morgan fingerprint density at radius 2 is 0.955 bits per heavy atom. The fourth-order valence-electron chi connectivity index (χ4n) is 8.92. The quantitative estimate of drug-likeness (QED) is 0.0193. The molecule has 1 amide bonds. The van der Waals surface area contributed by atoms with Gasteiger partial charge in [-0.25, -0.2) is 4.18 Å². The van der Waals surface area contributed by atoms with Crippen LogP contribution in [0.15, 0.2) is 24.3 Å². The van der Waals surface area contributed by atoms with Crippen LogP contribution in [0.2, 0.25) is 0 Å². The third-order valence-electron chi connectivity index (χ3n) is 13.2. The second-order valence-corrected chi connectivity index (χ2v) is 20.6. The molecule has 0 saturated carbocycles. The number of aliphatic hydroxyl groups excluding tert-OH is 4. The summed E-state index contributed by atoms with van der Waals surface area (Å²) in [5, 5.41) is 44.9. The van der Waals surface area contributed by atoms with Crippen LogP contribution in [0, 0.1) is 0 Å². The highest BCUT2D eigenvalue weighted by Gasteiger charge is 2.48. The van der Waals surface area contributed by atoms with E-state index in [1.165, 1.54) is 186 Å². The van der Waals surface area contributed by atoms with Crippen LogP contribution in [0.25, 0.3) is 0 Å². The first kappa shape index (κ1) is 63.6. The molecule has 6 N–H and O–H groups in total. The smallest absolute Gasteiger partial charge is 0.394 e. The van der Waals surface area contributed by atoms with E-state index < -0.39 is 59.9 Å². The number of aliphatic hydroxyl groups is 4. The second-order valence-electron chi connectivity index (χ2n) is 19.5. The molecule has 13 heteroatoms. The van der Waals surface area contributed by atoms with Crippen molar-refractivity contribution < 1.29 is 51.8 Å². The number of nitrogens with one attached hydrogen (secondary N) is 1. The van der Waals surface area contributed by atoms with E-state index in [1.807, 2.05) is 6.08 Å². The molecule has 1 aliphatic heterocycles. The van der Waals surface area contributed by atoms with Crippen LogP contribution in [0.4, 0.5) is 0 Å². The minimum Gasteiger partial charge on any atom is -0.394 e. The van der Waals surface area contributed by atoms with Crippen molar-refractivity contribution in [2.24, 2.45) is 0 Å². The Morgan fingerprint density at radius 1 is 0.582 bits per heavy atom. The molecule has 1 fully saturated rings. The summed E-state index contributed by atoms with van der Waals surface area (Å²) in [7, 11) is -5.09. The van der Waals surface area contributed by atoms with Gasteiger partial charge in [0.15, 0.2) is 6.29 Å². The molecular formula is C54H103NO11S. The summed E-state index contributed by atoms with van der Waals surface area (Å²) in [5.74, 6) is -0.264. The van der Waals surface area contributed by atoms with Gasteiger partial charge in [-0.05, 0) is 44.9 Å². The van der Waals surface area contributed by atoms with Crippen LogP contribution in [-0.2, 0) is 28.9 Å². The van der Waals surface area contributed by atoms with Crippen molar-refractivity contribution >= 4 is 16.3 Å². The largest absolute Gasteiger partial charge is 0.397 e. The molecule has 1 saturated heterocycles. The number of carbonyl (C=O) groups is 1. The van der Waals surface area contributed by atoms with Gasteiger partial charge in [0, 0.05) is 6.42 Å². The predicted octanol–water partition coefficient (Wildman–Crippen LogP) is 12.5. The lowest BCUT2D eigenvalue weighted by atomic mass is 9.99. The first-order valence-corrected chi connectivity index (χ1v) is 29.1. The average Bonchev–Trinajstić information content (AvgIpc) is 3.30. The van der Waals surface area contributed by atoms with Crippen LogP contribution < -0.4 is 5.32 Å². The molecule has 0 aromatic carbocycles. The Hall–Kier alpha value is -1.42. The average molecular weight is 974 g/mol. The molecule has 0 radical (unpaired) electrons. The van der Waals surface area contributed by atoms with Gasteiger partial charge in [-0.2, -0.15) is 8.42 Å². The summed E-state index contributed by atoms with van der Waals surface area (Å²) in [4.78, 5) is 13.1. The summed E-state index contributed by atoms with van der Waals surface area (Å²) in [6.07, 6.45) is 45.0. The minimum atomic E-state index is -5.09. The molecule has 0 aliphatic carbocycles.